The lowest BCUT2D eigenvalue weighted by Gasteiger charge is -2.20. The minimum atomic E-state index is 0.734. The van der Waals surface area contributed by atoms with Crippen LogP contribution in [-0.4, -0.2) is 40.4 Å². The molecule has 0 spiro atoms. The Morgan fingerprint density at radius 2 is 1.90 bits per heavy atom. The van der Waals surface area contributed by atoms with E-state index in [4.69, 9.17) is 9.84 Å². The van der Waals surface area contributed by atoms with Crippen molar-refractivity contribution in [1.82, 2.24) is 14.7 Å². The van der Waals surface area contributed by atoms with Gasteiger partial charge in [-0.3, -0.25) is 0 Å². The summed E-state index contributed by atoms with van der Waals surface area (Å²) in [6.07, 6.45) is 5.91. The molecule has 1 saturated heterocycles. The molecule has 2 aromatic carbocycles. The first-order chi connectivity index (χ1) is 14.7. The quantitative estimate of drug-likeness (QED) is 0.532. The van der Waals surface area contributed by atoms with E-state index in [1.54, 1.807) is 0 Å². The smallest absolute Gasteiger partial charge is 0.119 e. The third kappa shape index (κ3) is 3.65. The van der Waals surface area contributed by atoms with Gasteiger partial charge in [-0.1, -0.05) is 24.3 Å². The summed E-state index contributed by atoms with van der Waals surface area (Å²) in [5.41, 5.74) is 7.59. The summed E-state index contributed by atoms with van der Waals surface area (Å²) in [7, 11) is 0. The highest BCUT2D eigenvalue weighted by atomic mass is 16.5. The maximum atomic E-state index is 6.01. The first kappa shape index (κ1) is 19.4. The van der Waals surface area contributed by atoms with Gasteiger partial charge >= 0.3 is 0 Å². The van der Waals surface area contributed by atoms with Gasteiger partial charge in [0.2, 0.25) is 0 Å². The molecule has 30 heavy (non-hydrogen) atoms. The van der Waals surface area contributed by atoms with E-state index in [9.17, 15) is 0 Å². The van der Waals surface area contributed by atoms with Crippen molar-refractivity contribution in [3.05, 3.63) is 65.4 Å². The molecule has 0 amide bonds. The molecule has 1 atom stereocenters. The number of benzene rings is 2. The van der Waals surface area contributed by atoms with Gasteiger partial charge in [-0.15, -0.1) is 0 Å². The number of hydrogen-bond donors (Lipinski definition) is 0. The summed E-state index contributed by atoms with van der Waals surface area (Å²) in [5, 5.41) is 4.89. The zero-order chi connectivity index (χ0) is 20.5. The van der Waals surface area contributed by atoms with Crippen LogP contribution in [-0.2, 0) is 12.8 Å². The second-order valence-electron chi connectivity index (χ2n) is 8.70. The highest BCUT2D eigenvalue weighted by Gasteiger charge is 2.24. The van der Waals surface area contributed by atoms with Gasteiger partial charge < -0.3 is 9.64 Å². The molecular weight excluding hydrogens is 370 g/mol. The van der Waals surface area contributed by atoms with Crippen LogP contribution in [0.15, 0.2) is 48.5 Å². The van der Waals surface area contributed by atoms with E-state index in [1.807, 2.05) is 0 Å². The summed E-state index contributed by atoms with van der Waals surface area (Å²) < 4.78 is 8.12. The van der Waals surface area contributed by atoms with Crippen LogP contribution >= 0.6 is 0 Å². The monoisotopic (exact) mass is 401 g/mol. The van der Waals surface area contributed by atoms with E-state index < -0.39 is 0 Å². The van der Waals surface area contributed by atoms with Gasteiger partial charge in [-0.05, 0) is 82.3 Å². The minimum absolute atomic E-state index is 0.734. The van der Waals surface area contributed by atoms with Crippen LogP contribution < -0.4 is 4.74 Å². The minimum Gasteiger partial charge on any atom is -0.494 e. The Morgan fingerprint density at radius 1 is 1.07 bits per heavy atom. The van der Waals surface area contributed by atoms with Crippen molar-refractivity contribution < 1.29 is 4.74 Å². The van der Waals surface area contributed by atoms with Crippen molar-refractivity contribution in [3.63, 3.8) is 0 Å². The van der Waals surface area contributed by atoms with Crippen LogP contribution in [0.25, 0.3) is 16.9 Å². The Hall–Kier alpha value is -2.59. The van der Waals surface area contributed by atoms with Gasteiger partial charge in [0.15, 0.2) is 0 Å². The van der Waals surface area contributed by atoms with Gasteiger partial charge in [-0.25, -0.2) is 4.68 Å². The molecule has 4 heteroatoms. The van der Waals surface area contributed by atoms with Crippen molar-refractivity contribution in [2.24, 2.45) is 0 Å². The molecular formula is C26H31N3O. The number of aryl methyl sites for hydroxylation is 2. The molecule has 1 aliphatic carbocycles. The molecule has 2 heterocycles. The largest absolute Gasteiger partial charge is 0.494 e. The molecule has 0 radical (unpaired) electrons. The van der Waals surface area contributed by atoms with Crippen LogP contribution in [0.2, 0.25) is 0 Å². The van der Waals surface area contributed by atoms with Gasteiger partial charge in [0.1, 0.15) is 5.75 Å². The predicted octanol–water partition coefficient (Wildman–Crippen LogP) is 5.20. The topological polar surface area (TPSA) is 30.3 Å². The molecule has 0 N–H and O–H groups in total. The Labute approximate surface area is 179 Å². The standard InChI is InChI=1S/C26H31N3O/c1-19-7-5-16-28(19)17-6-18-30-23-13-11-22(12-14-23)29-26-24(20(2)27-29)15-10-21-8-3-4-9-25(21)26/h3-4,8-9,11-14,19H,5-7,10,15-18H2,1-2H3/t19-/m1/s1. The molecule has 156 valence electrons. The molecule has 2 aliphatic rings. The Bertz CT molecular complexity index is 1020. The number of likely N-dealkylation sites (tertiary alicyclic amines) is 1. The Morgan fingerprint density at radius 3 is 2.70 bits per heavy atom. The third-order valence-electron chi connectivity index (χ3n) is 6.73. The average Bonchev–Trinajstić information content (AvgIpc) is 3.34. The van der Waals surface area contributed by atoms with Gasteiger partial charge in [0.25, 0.3) is 0 Å². The second kappa shape index (κ2) is 8.27. The molecule has 1 aliphatic heterocycles. The highest BCUT2D eigenvalue weighted by molar-refractivity contribution is 5.72. The molecule has 1 fully saturated rings. The Kier molecular flexibility index (Phi) is 5.34. The normalized spacial score (nSPS) is 18.3. The van der Waals surface area contributed by atoms with Crippen molar-refractivity contribution in [2.75, 3.05) is 19.7 Å². The molecule has 1 aromatic heterocycles. The average molecular weight is 402 g/mol. The summed E-state index contributed by atoms with van der Waals surface area (Å²) in [6.45, 7) is 7.61. The zero-order valence-electron chi connectivity index (χ0n) is 18.1. The SMILES string of the molecule is Cc1nn(-c2ccc(OCCCN3CCC[C@H]3C)cc2)c2c1CCc1ccccc1-2. The van der Waals surface area contributed by atoms with Crippen molar-refractivity contribution in [3.8, 4) is 22.7 Å². The third-order valence-corrected chi connectivity index (χ3v) is 6.73. The van der Waals surface area contributed by atoms with Crippen molar-refractivity contribution >= 4 is 0 Å². The Balaban J connectivity index is 1.29. The zero-order valence-corrected chi connectivity index (χ0v) is 18.1. The molecule has 3 aromatic rings. The van der Waals surface area contributed by atoms with Crippen LogP contribution in [0, 0.1) is 6.92 Å². The van der Waals surface area contributed by atoms with Gasteiger partial charge in [0, 0.05) is 23.7 Å². The number of aromatic nitrogens is 2. The van der Waals surface area contributed by atoms with Crippen LogP contribution in [0.4, 0.5) is 0 Å². The van der Waals surface area contributed by atoms with E-state index in [0.717, 1.165) is 55.6 Å². The van der Waals surface area contributed by atoms with Crippen LogP contribution in [0.5, 0.6) is 5.75 Å². The number of ether oxygens (including phenoxy) is 1. The van der Waals surface area contributed by atoms with E-state index in [1.165, 1.54) is 41.8 Å². The maximum absolute atomic E-state index is 6.01. The lowest BCUT2D eigenvalue weighted by molar-refractivity contribution is 0.230. The van der Waals surface area contributed by atoms with E-state index in [0.29, 0.717) is 0 Å². The molecule has 4 nitrogen and oxygen atoms in total. The molecule has 0 unspecified atom stereocenters. The second-order valence-corrected chi connectivity index (χ2v) is 8.70. The predicted molar refractivity (Wildman–Crippen MR) is 122 cm³/mol. The van der Waals surface area contributed by atoms with E-state index in [2.05, 4.69) is 72.0 Å². The summed E-state index contributed by atoms with van der Waals surface area (Å²) in [5.74, 6) is 0.936. The fourth-order valence-corrected chi connectivity index (χ4v) is 5.02. The van der Waals surface area contributed by atoms with Crippen molar-refractivity contribution in [1.29, 1.82) is 0 Å². The van der Waals surface area contributed by atoms with Crippen LogP contribution in [0.1, 0.15) is 43.0 Å². The fraction of sp³-hybridized carbons (Fsp3) is 0.423. The lowest BCUT2D eigenvalue weighted by atomic mass is 9.89. The number of rotatable bonds is 6. The molecule has 0 bridgehead atoms. The number of hydrogen-bond acceptors (Lipinski definition) is 3. The number of fused-ring (bicyclic) bond motifs is 3. The van der Waals surface area contributed by atoms with Gasteiger partial charge in [-0.2, -0.15) is 5.10 Å². The fourth-order valence-electron chi connectivity index (χ4n) is 5.02. The summed E-state index contributed by atoms with van der Waals surface area (Å²) in [4.78, 5) is 2.58. The summed E-state index contributed by atoms with van der Waals surface area (Å²) in [6, 6.07) is 17.9. The van der Waals surface area contributed by atoms with Gasteiger partial charge in [0.05, 0.1) is 23.7 Å². The maximum Gasteiger partial charge on any atom is 0.119 e. The summed E-state index contributed by atoms with van der Waals surface area (Å²) >= 11 is 0. The highest BCUT2D eigenvalue weighted by Crippen LogP contribution is 2.36. The van der Waals surface area contributed by atoms with Crippen molar-refractivity contribution in [2.45, 2.75) is 52.0 Å². The van der Waals surface area contributed by atoms with E-state index in [-0.39, 0.29) is 0 Å². The lowest BCUT2D eigenvalue weighted by Crippen LogP contribution is -2.28. The molecule has 0 saturated carbocycles. The van der Waals surface area contributed by atoms with E-state index >= 15 is 0 Å². The van der Waals surface area contributed by atoms with Crippen LogP contribution in [0.3, 0.4) is 0 Å². The molecule has 5 rings (SSSR count). The number of nitrogens with zero attached hydrogens (tertiary/aromatic N) is 3. The first-order valence-corrected chi connectivity index (χ1v) is 11.3. The first-order valence-electron chi connectivity index (χ1n) is 11.3.